The van der Waals surface area contributed by atoms with E-state index in [0.717, 1.165) is 5.33 Å². The van der Waals surface area contributed by atoms with Crippen LogP contribution in [-0.4, -0.2) is 13.4 Å². The number of hydrogen-bond acceptors (Lipinski definition) is 0. The van der Waals surface area contributed by atoms with Crippen LogP contribution >= 0.6 is 15.9 Å². The van der Waals surface area contributed by atoms with Gasteiger partial charge >= 0.3 is 0 Å². The Morgan fingerprint density at radius 2 is 1.85 bits per heavy atom. The maximum Gasteiger partial charge on any atom is 0.162 e. The molecule has 0 saturated heterocycles. The molecule has 13 heavy (non-hydrogen) atoms. The fourth-order valence-corrected chi connectivity index (χ4v) is 3.28. The number of rotatable bonds is 1. The second-order valence-electron chi connectivity index (χ2n) is 3.43. The molecule has 0 spiro atoms. The van der Waals surface area contributed by atoms with E-state index >= 15 is 0 Å². The van der Waals surface area contributed by atoms with Crippen LogP contribution < -0.4 is 5.19 Å². The quantitative estimate of drug-likeness (QED) is 0.410. The number of hydrogen-bond donors (Lipinski definition) is 0. The molecule has 0 aliphatic rings. The van der Waals surface area contributed by atoms with Gasteiger partial charge in [0.15, 0.2) is 8.07 Å². The van der Waals surface area contributed by atoms with Crippen molar-refractivity contribution in [1.82, 2.24) is 0 Å². The molecular weight excluding hydrogens is 240 g/mol. The van der Waals surface area contributed by atoms with Gasteiger partial charge in [0.25, 0.3) is 0 Å². The van der Waals surface area contributed by atoms with Crippen molar-refractivity contribution in [2.75, 3.05) is 5.33 Å². The summed E-state index contributed by atoms with van der Waals surface area (Å²) in [4.78, 5) is 0. The van der Waals surface area contributed by atoms with Crippen molar-refractivity contribution >= 4 is 29.2 Å². The first-order valence-electron chi connectivity index (χ1n) is 4.28. The van der Waals surface area contributed by atoms with Gasteiger partial charge in [0.1, 0.15) is 0 Å². The lowest BCUT2D eigenvalue weighted by Gasteiger charge is -2.14. The van der Waals surface area contributed by atoms with Crippen LogP contribution in [0.15, 0.2) is 30.3 Å². The highest BCUT2D eigenvalue weighted by atomic mass is 79.9. The highest BCUT2D eigenvalue weighted by Gasteiger charge is 2.19. The number of benzene rings is 1. The van der Waals surface area contributed by atoms with Crippen molar-refractivity contribution in [2.24, 2.45) is 0 Å². The van der Waals surface area contributed by atoms with E-state index in [4.69, 9.17) is 0 Å². The Morgan fingerprint density at radius 3 is 2.38 bits per heavy atom. The largest absolute Gasteiger partial charge is 0.162 e. The van der Waals surface area contributed by atoms with E-state index < -0.39 is 8.07 Å². The third-order valence-corrected chi connectivity index (χ3v) is 4.82. The molecule has 0 bridgehead atoms. The lowest BCUT2D eigenvalue weighted by molar-refractivity contribution is 1.72. The minimum absolute atomic E-state index is 0.774. The van der Waals surface area contributed by atoms with Gasteiger partial charge in [-0.25, -0.2) is 0 Å². The van der Waals surface area contributed by atoms with E-state index in [1.165, 1.54) is 5.19 Å². The molecule has 68 valence electrons. The Kier molecular flexibility index (Phi) is 3.77. The average molecular weight is 253 g/mol. The van der Waals surface area contributed by atoms with Crippen molar-refractivity contribution in [2.45, 2.75) is 13.1 Å². The Labute approximate surface area is 89.5 Å². The van der Waals surface area contributed by atoms with E-state index in [-0.39, 0.29) is 0 Å². The lowest BCUT2D eigenvalue weighted by atomic mass is 10.4. The Morgan fingerprint density at radius 1 is 1.23 bits per heavy atom. The smallest absolute Gasteiger partial charge is 0.125 e. The summed E-state index contributed by atoms with van der Waals surface area (Å²) in [7, 11) is -1.49. The summed E-state index contributed by atoms with van der Waals surface area (Å²) in [6.07, 6.45) is 0. The van der Waals surface area contributed by atoms with Crippen molar-refractivity contribution in [3.8, 4) is 11.5 Å². The van der Waals surface area contributed by atoms with Crippen LogP contribution in [0.4, 0.5) is 0 Å². The number of halogens is 1. The second-order valence-corrected chi connectivity index (χ2v) is 8.06. The molecule has 0 radical (unpaired) electrons. The van der Waals surface area contributed by atoms with Crippen molar-refractivity contribution in [3.63, 3.8) is 0 Å². The van der Waals surface area contributed by atoms with Gasteiger partial charge in [-0.1, -0.05) is 65.3 Å². The first-order valence-corrected chi connectivity index (χ1v) is 8.40. The molecule has 0 nitrogen and oxygen atoms in total. The SMILES string of the molecule is C[Si](C)(C#CCBr)c1ccccc1. The zero-order valence-corrected chi connectivity index (χ0v) is 10.6. The third-order valence-electron chi connectivity index (χ3n) is 1.96. The fraction of sp³-hybridized carbons (Fsp3) is 0.273. The third kappa shape index (κ3) is 3.02. The van der Waals surface area contributed by atoms with Crippen molar-refractivity contribution < 1.29 is 0 Å². The molecule has 0 atom stereocenters. The minimum atomic E-state index is -1.49. The van der Waals surface area contributed by atoms with Gasteiger partial charge in [0.2, 0.25) is 0 Å². The molecule has 1 aromatic rings. The molecule has 0 amide bonds. The van der Waals surface area contributed by atoms with Crippen LogP contribution in [0.3, 0.4) is 0 Å². The van der Waals surface area contributed by atoms with E-state index in [0.29, 0.717) is 0 Å². The lowest BCUT2D eigenvalue weighted by Crippen LogP contribution is -2.39. The summed E-state index contributed by atoms with van der Waals surface area (Å²) in [6, 6.07) is 10.6. The normalized spacial score (nSPS) is 10.4. The Balaban J connectivity index is 2.94. The molecule has 0 aliphatic carbocycles. The van der Waals surface area contributed by atoms with Gasteiger partial charge in [0, 0.05) is 0 Å². The maximum absolute atomic E-state index is 3.37. The molecular formula is C11H13BrSi. The molecule has 0 N–H and O–H groups in total. The van der Waals surface area contributed by atoms with E-state index in [1.807, 2.05) is 6.07 Å². The van der Waals surface area contributed by atoms with Crippen LogP contribution in [-0.2, 0) is 0 Å². The fourth-order valence-electron chi connectivity index (χ4n) is 1.18. The predicted molar refractivity (Wildman–Crippen MR) is 65.1 cm³/mol. The minimum Gasteiger partial charge on any atom is -0.125 e. The first-order chi connectivity index (χ1) is 6.17. The van der Waals surface area contributed by atoms with Crippen molar-refractivity contribution in [3.05, 3.63) is 30.3 Å². The summed E-state index contributed by atoms with van der Waals surface area (Å²) in [6.45, 7) is 4.55. The summed E-state index contributed by atoms with van der Waals surface area (Å²) < 4.78 is 0. The van der Waals surface area contributed by atoms with E-state index in [2.05, 4.69) is 64.8 Å². The van der Waals surface area contributed by atoms with E-state index in [1.54, 1.807) is 0 Å². The van der Waals surface area contributed by atoms with Crippen LogP contribution in [0.2, 0.25) is 13.1 Å². The molecule has 0 heterocycles. The second kappa shape index (κ2) is 4.64. The molecule has 2 heteroatoms. The highest BCUT2D eigenvalue weighted by Crippen LogP contribution is 2.01. The van der Waals surface area contributed by atoms with Crippen LogP contribution in [0.25, 0.3) is 0 Å². The molecule has 0 aliphatic heterocycles. The van der Waals surface area contributed by atoms with Gasteiger partial charge < -0.3 is 0 Å². The average Bonchev–Trinajstić information content (AvgIpc) is 2.16. The van der Waals surface area contributed by atoms with Gasteiger partial charge in [0.05, 0.1) is 5.33 Å². The van der Waals surface area contributed by atoms with Gasteiger partial charge in [-0.15, -0.1) is 5.54 Å². The van der Waals surface area contributed by atoms with Crippen LogP contribution in [0.1, 0.15) is 0 Å². The molecule has 1 rings (SSSR count). The molecule has 1 aromatic carbocycles. The monoisotopic (exact) mass is 252 g/mol. The summed E-state index contributed by atoms with van der Waals surface area (Å²) in [5.74, 6) is 3.12. The predicted octanol–water partition coefficient (Wildman–Crippen LogP) is 2.54. The van der Waals surface area contributed by atoms with Gasteiger partial charge in [-0.2, -0.15) is 0 Å². The molecule has 0 saturated carbocycles. The Hall–Kier alpha value is -0.523. The molecule has 0 fully saturated rings. The zero-order chi connectivity index (χ0) is 9.73. The van der Waals surface area contributed by atoms with Crippen molar-refractivity contribution in [1.29, 1.82) is 0 Å². The highest BCUT2D eigenvalue weighted by molar-refractivity contribution is 9.09. The van der Waals surface area contributed by atoms with Crippen LogP contribution in [0, 0.1) is 11.5 Å². The molecule has 0 aromatic heterocycles. The summed E-state index contributed by atoms with van der Waals surface area (Å²) >= 11 is 3.32. The summed E-state index contributed by atoms with van der Waals surface area (Å²) in [5.41, 5.74) is 3.37. The molecule has 0 unspecified atom stereocenters. The summed E-state index contributed by atoms with van der Waals surface area (Å²) in [5, 5.41) is 2.18. The zero-order valence-electron chi connectivity index (χ0n) is 7.97. The van der Waals surface area contributed by atoms with Gasteiger partial charge in [-0.05, 0) is 5.19 Å². The van der Waals surface area contributed by atoms with E-state index in [9.17, 15) is 0 Å². The Bertz CT molecular complexity index is 319. The maximum atomic E-state index is 3.37. The standard InChI is InChI=1S/C11H13BrSi/c1-13(2,10-6-9-12)11-7-4-3-5-8-11/h3-5,7-8H,9H2,1-2H3. The number of alkyl halides is 1. The first kappa shape index (κ1) is 10.6. The topological polar surface area (TPSA) is 0 Å². The van der Waals surface area contributed by atoms with Gasteiger partial charge in [-0.3, -0.25) is 0 Å². The van der Waals surface area contributed by atoms with Crippen LogP contribution in [0.5, 0.6) is 0 Å².